The van der Waals surface area contributed by atoms with E-state index >= 15 is 0 Å². The average Bonchev–Trinajstić information content (AvgIpc) is 3.38. The normalized spacial score (nSPS) is 15.2. The molecule has 2 heterocycles. The van der Waals surface area contributed by atoms with Crippen LogP contribution in [-0.2, 0) is 9.59 Å². The maximum atomic E-state index is 13.5. The van der Waals surface area contributed by atoms with E-state index in [0.717, 1.165) is 10.4 Å². The molecule has 0 radical (unpaired) electrons. The van der Waals surface area contributed by atoms with Gasteiger partial charge in [0.1, 0.15) is 5.82 Å². The van der Waals surface area contributed by atoms with Crippen LogP contribution in [0.15, 0.2) is 87.9 Å². The van der Waals surface area contributed by atoms with Crippen LogP contribution in [0, 0.1) is 24.1 Å². The van der Waals surface area contributed by atoms with Gasteiger partial charge in [0.2, 0.25) is 5.91 Å². The molecule has 0 unspecified atom stereocenters. The summed E-state index contributed by atoms with van der Waals surface area (Å²) in [6.45, 7) is 3.70. The van der Waals surface area contributed by atoms with Crippen LogP contribution in [0.4, 0.5) is 15.8 Å². The number of amides is 2. The van der Waals surface area contributed by atoms with Crippen LogP contribution in [-0.4, -0.2) is 17.6 Å². The van der Waals surface area contributed by atoms with Gasteiger partial charge in [0.25, 0.3) is 5.91 Å². The number of para-hydroxylation sites is 1. The lowest BCUT2D eigenvalue weighted by atomic mass is 9.86. The minimum absolute atomic E-state index is 0.000787. The average molecular weight is 519 g/mol. The fourth-order valence-corrected chi connectivity index (χ4v) is 5.61. The van der Waals surface area contributed by atoms with Crippen LogP contribution in [0.3, 0.4) is 0 Å². The molecule has 1 aromatic heterocycles. The van der Waals surface area contributed by atoms with Crippen molar-refractivity contribution in [3.05, 3.63) is 104 Å². The predicted molar refractivity (Wildman–Crippen MR) is 143 cm³/mol. The Kier molecular flexibility index (Phi) is 7.88. The number of aryl methyl sites for hydroxylation is 1. The van der Waals surface area contributed by atoms with Gasteiger partial charge >= 0.3 is 0 Å². The fraction of sp³-hybridized carbons (Fsp3) is 0.148. The summed E-state index contributed by atoms with van der Waals surface area (Å²) in [6.07, 6.45) is 0. The van der Waals surface area contributed by atoms with Gasteiger partial charge in [-0.25, -0.2) is 4.39 Å². The molecular formula is C27H23FN4O2S2. The first-order valence-electron chi connectivity index (χ1n) is 11.1. The molecule has 6 nitrogen and oxygen atoms in total. The summed E-state index contributed by atoms with van der Waals surface area (Å²) in [7, 11) is 0. The first kappa shape index (κ1) is 25.2. The molecule has 0 spiro atoms. The van der Waals surface area contributed by atoms with Gasteiger partial charge in [0.05, 0.1) is 28.3 Å². The van der Waals surface area contributed by atoms with Crippen LogP contribution in [0.5, 0.6) is 0 Å². The van der Waals surface area contributed by atoms with Gasteiger partial charge in [-0.05, 0) is 55.1 Å². The van der Waals surface area contributed by atoms with Crippen molar-refractivity contribution in [2.45, 2.75) is 19.8 Å². The number of hydrogen-bond acceptors (Lipinski definition) is 6. The number of dihydropyridines is 1. The van der Waals surface area contributed by atoms with Gasteiger partial charge in [-0.2, -0.15) is 5.26 Å². The lowest BCUT2D eigenvalue weighted by molar-refractivity contribution is -0.114. The minimum Gasteiger partial charge on any atom is -0.353 e. The number of allylic oxidation sites excluding steroid dienone is 2. The Morgan fingerprint density at radius 1 is 1.11 bits per heavy atom. The maximum Gasteiger partial charge on any atom is 0.254 e. The monoisotopic (exact) mass is 518 g/mol. The number of halogens is 1. The summed E-state index contributed by atoms with van der Waals surface area (Å²) >= 11 is 2.63. The van der Waals surface area contributed by atoms with E-state index in [1.807, 2.05) is 48.7 Å². The van der Waals surface area contributed by atoms with E-state index in [-0.39, 0.29) is 17.6 Å². The molecule has 0 fully saturated rings. The molecule has 0 saturated heterocycles. The topological polar surface area (TPSA) is 94.0 Å². The second-order valence-corrected chi connectivity index (χ2v) is 10.0. The molecule has 36 heavy (non-hydrogen) atoms. The Morgan fingerprint density at radius 3 is 2.61 bits per heavy atom. The van der Waals surface area contributed by atoms with Crippen LogP contribution in [0.1, 0.15) is 23.3 Å². The van der Waals surface area contributed by atoms with Crippen molar-refractivity contribution < 1.29 is 14.0 Å². The Labute approximate surface area is 216 Å². The van der Waals surface area contributed by atoms with Gasteiger partial charge in [0.15, 0.2) is 0 Å². The predicted octanol–water partition coefficient (Wildman–Crippen LogP) is 5.90. The number of thioether (sulfide) groups is 1. The summed E-state index contributed by atoms with van der Waals surface area (Å²) in [4.78, 5) is 26.8. The number of carbonyl (C=O) groups is 2. The van der Waals surface area contributed by atoms with E-state index in [9.17, 15) is 19.2 Å². The van der Waals surface area contributed by atoms with Crippen molar-refractivity contribution >= 4 is 46.3 Å². The molecule has 1 aliphatic rings. The number of nitrogens with zero attached hydrogens (tertiary/aromatic N) is 1. The van der Waals surface area contributed by atoms with Gasteiger partial charge in [0, 0.05) is 27.5 Å². The first-order valence-corrected chi connectivity index (χ1v) is 12.9. The molecule has 2 aromatic carbocycles. The summed E-state index contributed by atoms with van der Waals surface area (Å²) in [6, 6.07) is 19.2. The van der Waals surface area contributed by atoms with E-state index in [0.29, 0.717) is 33.2 Å². The summed E-state index contributed by atoms with van der Waals surface area (Å²) in [5, 5.41) is 21.3. The smallest absolute Gasteiger partial charge is 0.254 e. The second-order valence-electron chi connectivity index (χ2n) is 8.08. The Morgan fingerprint density at radius 2 is 1.92 bits per heavy atom. The standard InChI is InChI=1S/C27H23FN4O2S2/c1-16-7-3-4-10-21(16)32-26(34)24-17(2)30-27(20(14-29)25(24)22-11-6-12-35-22)36-15-23(33)31-19-9-5-8-18(28)13-19/h3-13,25,30H,15H2,1-2H3,(H,31,33)(H,32,34)/t25-/m1/s1. The maximum absolute atomic E-state index is 13.5. The Hall–Kier alpha value is -3.87. The Bertz CT molecular complexity index is 1410. The van der Waals surface area contributed by atoms with Crippen molar-refractivity contribution in [1.82, 2.24) is 5.32 Å². The van der Waals surface area contributed by atoms with E-state index < -0.39 is 11.7 Å². The molecule has 4 rings (SSSR count). The number of benzene rings is 2. The highest BCUT2D eigenvalue weighted by atomic mass is 32.2. The first-order chi connectivity index (χ1) is 17.4. The summed E-state index contributed by atoms with van der Waals surface area (Å²) < 4.78 is 13.4. The van der Waals surface area contributed by atoms with E-state index in [2.05, 4.69) is 22.0 Å². The molecule has 3 aromatic rings. The van der Waals surface area contributed by atoms with E-state index in [1.54, 1.807) is 13.0 Å². The number of nitriles is 1. The van der Waals surface area contributed by atoms with Crippen molar-refractivity contribution in [2.75, 3.05) is 16.4 Å². The van der Waals surface area contributed by atoms with Crippen molar-refractivity contribution in [1.29, 1.82) is 5.26 Å². The summed E-state index contributed by atoms with van der Waals surface area (Å²) in [5.74, 6) is -1.66. The third-order valence-electron chi connectivity index (χ3n) is 5.57. The molecule has 9 heteroatoms. The largest absolute Gasteiger partial charge is 0.353 e. The van der Waals surface area contributed by atoms with Crippen molar-refractivity contribution in [3.8, 4) is 6.07 Å². The molecule has 0 aliphatic carbocycles. The molecule has 0 saturated carbocycles. The second kappa shape index (κ2) is 11.2. The quantitative estimate of drug-likeness (QED) is 0.362. The third-order valence-corrected chi connectivity index (χ3v) is 7.52. The number of rotatable bonds is 7. The zero-order valence-electron chi connectivity index (χ0n) is 19.6. The number of thiophene rings is 1. The van der Waals surface area contributed by atoms with Gasteiger partial charge in [-0.15, -0.1) is 11.3 Å². The van der Waals surface area contributed by atoms with Crippen LogP contribution in [0.25, 0.3) is 0 Å². The lowest BCUT2D eigenvalue weighted by Crippen LogP contribution is -2.31. The highest BCUT2D eigenvalue weighted by Gasteiger charge is 2.35. The molecule has 0 bridgehead atoms. The van der Waals surface area contributed by atoms with Gasteiger partial charge in [-0.1, -0.05) is 42.1 Å². The molecule has 3 N–H and O–H groups in total. The number of carbonyl (C=O) groups excluding carboxylic acids is 2. The minimum atomic E-state index is -0.575. The van der Waals surface area contributed by atoms with E-state index in [4.69, 9.17) is 0 Å². The number of hydrogen-bond donors (Lipinski definition) is 3. The Balaban J connectivity index is 1.59. The van der Waals surface area contributed by atoms with Gasteiger partial charge < -0.3 is 16.0 Å². The van der Waals surface area contributed by atoms with Crippen molar-refractivity contribution in [2.24, 2.45) is 0 Å². The lowest BCUT2D eigenvalue weighted by Gasteiger charge is -2.29. The number of nitrogens with one attached hydrogen (secondary N) is 3. The highest BCUT2D eigenvalue weighted by Crippen LogP contribution is 2.42. The van der Waals surface area contributed by atoms with Crippen LogP contribution < -0.4 is 16.0 Å². The van der Waals surface area contributed by atoms with Crippen LogP contribution >= 0.6 is 23.1 Å². The summed E-state index contributed by atoms with van der Waals surface area (Å²) in [5.41, 5.74) is 3.40. The fourth-order valence-electron chi connectivity index (χ4n) is 3.87. The third kappa shape index (κ3) is 5.67. The van der Waals surface area contributed by atoms with E-state index in [1.165, 1.54) is 41.3 Å². The molecule has 1 atom stereocenters. The SMILES string of the molecule is CC1=C(C(=O)Nc2ccccc2C)[C@@H](c2cccs2)C(C#N)=C(SCC(=O)Nc2cccc(F)c2)N1. The molecule has 2 amide bonds. The molecule has 1 aliphatic heterocycles. The number of anilines is 2. The van der Waals surface area contributed by atoms with Crippen molar-refractivity contribution in [3.63, 3.8) is 0 Å². The molecular weight excluding hydrogens is 495 g/mol. The highest BCUT2D eigenvalue weighted by molar-refractivity contribution is 8.03. The zero-order valence-corrected chi connectivity index (χ0v) is 21.2. The zero-order chi connectivity index (χ0) is 25.7. The van der Waals surface area contributed by atoms with Gasteiger partial charge in [-0.3, -0.25) is 9.59 Å². The van der Waals surface area contributed by atoms with Crippen LogP contribution in [0.2, 0.25) is 0 Å². The molecule has 182 valence electrons.